The molecule has 0 amide bonds. The van der Waals surface area contributed by atoms with Crippen molar-refractivity contribution in [1.29, 1.82) is 0 Å². The van der Waals surface area contributed by atoms with Crippen molar-refractivity contribution in [3.05, 3.63) is 71.8 Å². The molecule has 1 N–H and O–H groups in total. The highest BCUT2D eigenvalue weighted by Crippen LogP contribution is 2.32. The van der Waals surface area contributed by atoms with E-state index < -0.39 is 0 Å². The number of aromatic nitrogens is 3. The second-order valence-corrected chi connectivity index (χ2v) is 7.71. The van der Waals surface area contributed by atoms with Gasteiger partial charge in [-0.15, -0.1) is 10.2 Å². The summed E-state index contributed by atoms with van der Waals surface area (Å²) in [7, 11) is 2.05. The lowest BCUT2D eigenvalue weighted by molar-refractivity contribution is 0.174. The van der Waals surface area contributed by atoms with Crippen LogP contribution in [0.5, 0.6) is 11.5 Å². The predicted molar refractivity (Wildman–Crippen MR) is 124 cm³/mol. The number of aryl methyl sites for hydroxylation is 1. The molecule has 0 saturated heterocycles. The number of hydrogen-bond donors (Lipinski definition) is 1. The van der Waals surface area contributed by atoms with Gasteiger partial charge in [-0.3, -0.25) is 4.99 Å². The Hall–Kier alpha value is -3.55. The average Bonchev–Trinajstić information content (AvgIpc) is 3.47. The Balaban J connectivity index is 1.41. The van der Waals surface area contributed by atoms with E-state index in [4.69, 9.17) is 14.5 Å². The first-order valence-corrected chi connectivity index (χ1v) is 11.0. The van der Waals surface area contributed by atoms with E-state index in [0.29, 0.717) is 13.1 Å². The lowest BCUT2D eigenvalue weighted by Gasteiger charge is -2.23. The predicted octanol–water partition coefficient (Wildman–Crippen LogP) is 2.89. The minimum Gasteiger partial charge on any atom is -0.454 e. The molecule has 32 heavy (non-hydrogen) atoms. The normalized spacial score (nSPS) is 12.8. The summed E-state index contributed by atoms with van der Waals surface area (Å²) in [6.07, 6.45) is 3.54. The molecule has 1 aliphatic rings. The molecular weight excluding hydrogens is 404 g/mol. The molecule has 1 aliphatic heterocycles. The first-order chi connectivity index (χ1) is 15.7. The molecule has 0 bridgehead atoms. The smallest absolute Gasteiger partial charge is 0.231 e. The highest BCUT2D eigenvalue weighted by Gasteiger charge is 2.15. The third-order valence-electron chi connectivity index (χ3n) is 5.37. The molecule has 3 aromatic rings. The van der Waals surface area contributed by atoms with Crippen LogP contribution in [0.25, 0.3) is 0 Å². The summed E-state index contributed by atoms with van der Waals surface area (Å²) < 4.78 is 13.0. The van der Waals surface area contributed by atoms with Crippen LogP contribution < -0.4 is 14.8 Å². The lowest BCUT2D eigenvalue weighted by Crippen LogP contribution is -2.40. The van der Waals surface area contributed by atoms with E-state index in [-0.39, 0.29) is 6.79 Å². The second-order valence-electron chi connectivity index (χ2n) is 7.71. The van der Waals surface area contributed by atoms with Crippen LogP contribution in [0.15, 0.2) is 59.9 Å². The monoisotopic (exact) mass is 434 g/mol. The second kappa shape index (κ2) is 10.7. The number of guanidine groups is 1. The molecule has 2 heterocycles. The molecule has 0 atom stereocenters. The van der Waals surface area contributed by atoms with E-state index in [1.807, 2.05) is 18.2 Å². The zero-order valence-electron chi connectivity index (χ0n) is 18.7. The van der Waals surface area contributed by atoms with Crippen molar-refractivity contribution in [2.24, 2.45) is 4.99 Å². The average molecular weight is 435 g/mol. The number of fused-ring (bicyclic) bond motifs is 1. The molecule has 0 fully saturated rings. The Morgan fingerprint density at radius 1 is 1.12 bits per heavy atom. The molecule has 0 aliphatic carbocycles. The Labute approximate surface area is 188 Å². The summed E-state index contributed by atoms with van der Waals surface area (Å²) in [5.41, 5.74) is 2.42. The number of ether oxygens (including phenoxy) is 2. The zero-order valence-corrected chi connectivity index (χ0v) is 18.7. The van der Waals surface area contributed by atoms with Gasteiger partial charge in [0.05, 0.1) is 0 Å². The summed E-state index contributed by atoms with van der Waals surface area (Å²) in [4.78, 5) is 7.02. The van der Waals surface area contributed by atoms with Gasteiger partial charge < -0.3 is 24.3 Å². The first kappa shape index (κ1) is 21.7. The first-order valence-electron chi connectivity index (χ1n) is 11.0. The van der Waals surface area contributed by atoms with Crippen LogP contribution >= 0.6 is 0 Å². The zero-order chi connectivity index (χ0) is 22.2. The third kappa shape index (κ3) is 5.57. The van der Waals surface area contributed by atoms with E-state index in [1.54, 1.807) is 6.33 Å². The molecule has 1 aromatic heterocycles. The van der Waals surface area contributed by atoms with Gasteiger partial charge in [-0.2, -0.15) is 0 Å². The number of aliphatic imine (C=N–C) groups is 1. The minimum absolute atomic E-state index is 0.283. The fourth-order valence-electron chi connectivity index (χ4n) is 3.66. The van der Waals surface area contributed by atoms with Crippen molar-refractivity contribution in [2.45, 2.75) is 32.9 Å². The van der Waals surface area contributed by atoms with Gasteiger partial charge in [0.15, 0.2) is 17.5 Å². The van der Waals surface area contributed by atoms with E-state index >= 15 is 0 Å². The largest absolute Gasteiger partial charge is 0.454 e. The quantitative estimate of drug-likeness (QED) is 0.412. The van der Waals surface area contributed by atoms with Gasteiger partial charge in [0.25, 0.3) is 0 Å². The standard InChI is InChI=1S/C24H30N6O2/c1-3-23-28-27-17-30(23)14-13-26-24(25-12-11-19-7-5-4-6-8-19)29(2)16-20-9-10-21-22(15-20)32-18-31-21/h4-10,15,17H,3,11-14,16,18H2,1-2H3,(H,25,26). The molecule has 8 nitrogen and oxygen atoms in total. The number of nitrogens with one attached hydrogen (secondary N) is 1. The summed E-state index contributed by atoms with van der Waals surface area (Å²) in [5.74, 6) is 3.45. The van der Waals surface area contributed by atoms with Crippen LogP contribution in [-0.2, 0) is 25.9 Å². The van der Waals surface area contributed by atoms with E-state index in [0.717, 1.165) is 54.8 Å². The van der Waals surface area contributed by atoms with Crippen molar-refractivity contribution < 1.29 is 9.47 Å². The van der Waals surface area contributed by atoms with Crippen LogP contribution in [0, 0.1) is 0 Å². The molecule has 0 spiro atoms. The Morgan fingerprint density at radius 2 is 1.97 bits per heavy atom. The van der Waals surface area contributed by atoms with Gasteiger partial charge in [0.2, 0.25) is 6.79 Å². The molecule has 0 saturated carbocycles. The van der Waals surface area contributed by atoms with Crippen LogP contribution in [0.1, 0.15) is 23.9 Å². The number of nitrogens with zero attached hydrogens (tertiary/aromatic N) is 5. The van der Waals surface area contributed by atoms with Crippen LogP contribution in [0.3, 0.4) is 0 Å². The molecule has 168 valence electrons. The van der Waals surface area contributed by atoms with Gasteiger partial charge in [-0.05, 0) is 29.7 Å². The lowest BCUT2D eigenvalue weighted by atomic mass is 10.1. The van der Waals surface area contributed by atoms with Crippen molar-refractivity contribution >= 4 is 5.96 Å². The Kier molecular flexibility index (Phi) is 7.22. The maximum absolute atomic E-state index is 5.52. The molecule has 4 rings (SSSR count). The summed E-state index contributed by atoms with van der Waals surface area (Å²) in [6, 6.07) is 16.5. The highest BCUT2D eigenvalue weighted by molar-refractivity contribution is 5.79. The van der Waals surface area contributed by atoms with Crippen LogP contribution in [-0.4, -0.2) is 52.6 Å². The maximum atomic E-state index is 5.52. The number of hydrogen-bond acceptors (Lipinski definition) is 5. The van der Waals surface area contributed by atoms with Gasteiger partial charge in [0, 0.05) is 39.6 Å². The molecular formula is C24H30N6O2. The SMILES string of the molecule is CCc1nncn1CCNC(=NCCc1ccccc1)N(C)Cc1ccc2c(c1)OCO2. The van der Waals surface area contributed by atoms with E-state index in [9.17, 15) is 0 Å². The molecule has 0 unspecified atom stereocenters. The summed E-state index contributed by atoms with van der Waals surface area (Å²) in [5, 5.41) is 11.7. The molecule has 8 heteroatoms. The highest BCUT2D eigenvalue weighted by atomic mass is 16.7. The van der Waals surface area contributed by atoms with E-state index in [1.165, 1.54) is 5.56 Å². The summed E-state index contributed by atoms with van der Waals surface area (Å²) in [6.45, 7) is 5.31. The minimum atomic E-state index is 0.283. The third-order valence-corrected chi connectivity index (χ3v) is 5.37. The maximum Gasteiger partial charge on any atom is 0.231 e. The van der Waals surface area contributed by atoms with Crippen molar-refractivity contribution in [1.82, 2.24) is 25.0 Å². The van der Waals surface area contributed by atoms with Crippen LogP contribution in [0.2, 0.25) is 0 Å². The van der Waals surface area contributed by atoms with Crippen LogP contribution in [0.4, 0.5) is 0 Å². The topological polar surface area (TPSA) is 76.8 Å². The van der Waals surface area contributed by atoms with Gasteiger partial charge in [-0.1, -0.05) is 43.3 Å². The summed E-state index contributed by atoms with van der Waals surface area (Å²) >= 11 is 0. The van der Waals surface area contributed by atoms with Gasteiger partial charge in [-0.25, -0.2) is 0 Å². The van der Waals surface area contributed by atoms with Gasteiger partial charge in [0.1, 0.15) is 12.2 Å². The fourth-order valence-corrected chi connectivity index (χ4v) is 3.66. The molecule has 2 aromatic carbocycles. The Morgan fingerprint density at radius 3 is 2.81 bits per heavy atom. The number of benzene rings is 2. The molecule has 0 radical (unpaired) electrons. The van der Waals surface area contributed by atoms with Crippen molar-refractivity contribution in [2.75, 3.05) is 26.9 Å². The van der Waals surface area contributed by atoms with E-state index in [2.05, 4.69) is 69.3 Å². The van der Waals surface area contributed by atoms with Crippen molar-refractivity contribution in [3.63, 3.8) is 0 Å². The van der Waals surface area contributed by atoms with Crippen molar-refractivity contribution in [3.8, 4) is 11.5 Å². The Bertz CT molecular complexity index is 1030. The number of rotatable bonds is 9. The van der Waals surface area contributed by atoms with Gasteiger partial charge >= 0.3 is 0 Å². The fraction of sp³-hybridized carbons (Fsp3) is 0.375.